The van der Waals surface area contributed by atoms with Gasteiger partial charge in [0, 0.05) is 32.2 Å². The van der Waals surface area contributed by atoms with Crippen LogP contribution in [0.5, 0.6) is 0 Å². The van der Waals surface area contributed by atoms with Crippen LogP contribution < -0.4 is 4.90 Å². The summed E-state index contributed by atoms with van der Waals surface area (Å²) in [5.74, 6) is 0.814. The highest BCUT2D eigenvalue weighted by molar-refractivity contribution is 5.93. The van der Waals surface area contributed by atoms with Crippen LogP contribution in [0.3, 0.4) is 0 Å². The number of rotatable bonds is 1. The van der Waals surface area contributed by atoms with E-state index in [2.05, 4.69) is 16.8 Å². The Kier molecular flexibility index (Phi) is 4.13. The summed E-state index contributed by atoms with van der Waals surface area (Å²) in [5, 5.41) is 0. The van der Waals surface area contributed by atoms with Crippen molar-refractivity contribution in [1.82, 2.24) is 9.88 Å². The number of anilines is 1. The van der Waals surface area contributed by atoms with E-state index in [1.54, 1.807) is 6.92 Å². The van der Waals surface area contributed by atoms with Crippen molar-refractivity contribution < 1.29 is 18.0 Å². The third kappa shape index (κ3) is 2.85. The Morgan fingerprint density at radius 2 is 1.85 bits per heavy atom. The number of pyridine rings is 1. The van der Waals surface area contributed by atoms with E-state index >= 15 is 0 Å². The number of piperazine rings is 1. The van der Waals surface area contributed by atoms with E-state index in [4.69, 9.17) is 0 Å². The third-order valence-electron chi connectivity index (χ3n) is 2.97. The Morgan fingerprint density at radius 3 is 2.45 bits per heavy atom. The molecule has 106 valence electrons. The zero-order valence-corrected chi connectivity index (χ0v) is 10.8. The number of amides is 1. The van der Waals surface area contributed by atoms with E-state index in [-0.39, 0.29) is 24.8 Å². The molecule has 0 radical (unpaired) electrons. The van der Waals surface area contributed by atoms with Crippen LogP contribution in [-0.4, -0.2) is 42.0 Å². The van der Waals surface area contributed by atoms with Crippen LogP contribution in [0.1, 0.15) is 6.92 Å². The van der Waals surface area contributed by atoms with E-state index in [1.807, 2.05) is 0 Å². The summed E-state index contributed by atoms with van der Waals surface area (Å²) in [6, 6.07) is 0.470. The van der Waals surface area contributed by atoms with Crippen LogP contribution >= 0.6 is 0 Å². The number of aromatic nitrogens is 1. The first-order valence-corrected chi connectivity index (χ1v) is 6.01. The van der Waals surface area contributed by atoms with Gasteiger partial charge in [-0.15, -0.1) is 0 Å². The highest BCUT2D eigenvalue weighted by Crippen LogP contribution is 2.20. The molecule has 2 rings (SSSR count). The second kappa shape index (κ2) is 5.82. The quantitative estimate of drug-likeness (QED) is 0.573. The van der Waals surface area contributed by atoms with Crippen LogP contribution in [0.15, 0.2) is 6.07 Å². The van der Waals surface area contributed by atoms with Crippen molar-refractivity contribution in [2.75, 3.05) is 31.1 Å². The normalized spacial score (nSPS) is 14.8. The lowest BCUT2D eigenvalue weighted by molar-refractivity contribution is -0.125. The molecule has 1 aromatic rings. The number of nitrogens with zero attached hydrogens (tertiary/aromatic N) is 3. The average molecular weight is 283 g/mol. The van der Waals surface area contributed by atoms with E-state index in [9.17, 15) is 18.0 Å². The first kappa shape index (κ1) is 14.2. The van der Waals surface area contributed by atoms with Crippen LogP contribution in [-0.2, 0) is 4.79 Å². The fourth-order valence-electron chi connectivity index (χ4n) is 1.96. The monoisotopic (exact) mass is 283 g/mol. The smallest absolute Gasteiger partial charge is 0.298 e. The number of hydrogen-bond donors (Lipinski definition) is 0. The molecule has 1 aliphatic rings. The minimum atomic E-state index is -1.34. The molecule has 1 saturated heterocycles. The maximum absolute atomic E-state index is 13.6. The number of carbonyl (C=O) groups is 1. The molecule has 0 spiro atoms. The van der Waals surface area contributed by atoms with E-state index in [1.165, 1.54) is 9.80 Å². The predicted molar refractivity (Wildman–Crippen MR) is 66.4 cm³/mol. The fraction of sp³-hybridized carbons (Fsp3) is 0.385. The zero-order chi connectivity index (χ0) is 14.7. The number of hydrogen-bond acceptors (Lipinski definition) is 3. The SMILES string of the molecule is CC#CC(=O)N1CCN(c2nc(F)c(F)cc2F)CC1. The highest BCUT2D eigenvalue weighted by Gasteiger charge is 2.24. The van der Waals surface area contributed by atoms with Gasteiger partial charge in [0.25, 0.3) is 11.9 Å². The molecule has 1 amide bonds. The van der Waals surface area contributed by atoms with Gasteiger partial charge in [-0.1, -0.05) is 5.92 Å². The minimum Gasteiger partial charge on any atom is -0.351 e. The molecular formula is C13H12F3N3O. The van der Waals surface area contributed by atoms with Gasteiger partial charge in [-0.05, 0) is 12.8 Å². The van der Waals surface area contributed by atoms with Crippen molar-refractivity contribution in [3.8, 4) is 11.8 Å². The highest BCUT2D eigenvalue weighted by atomic mass is 19.2. The van der Waals surface area contributed by atoms with Crippen molar-refractivity contribution in [1.29, 1.82) is 0 Å². The first-order chi connectivity index (χ1) is 9.52. The summed E-state index contributed by atoms with van der Waals surface area (Å²) in [6.07, 6.45) is 0. The molecule has 1 fully saturated rings. The van der Waals surface area contributed by atoms with Crippen molar-refractivity contribution >= 4 is 11.7 Å². The topological polar surface area (TPSA) is 36.4 Å². The maximum Gasteiger partial charge on any atom is 0.298 e. The fourth-order valence-corrected chi connectivity index (χ4v) is 1.96. The molecule has 4 nitrogen and oxygen atoms in total. The largest absolute Gasteiger partial charge is 0.351 e. The molecule has 7 heteroatoms. The van der Waals surface area contributed by atoms with Crippen molar-refractivity contribution in [3.05, 3.63) is 23.6 Å². The van der Waals surface area contributed by atoms with Gasteiger partial charge in [-0.3, -0.25) is 4.79 Å². The first-order valence-electron chi connectivity index (χ1n) is 6.01. The summed E-state index contributed by atoms with van der Waals surface area (Å²) in [5.41, 5.74) is 0. The molecule has 0 bridgehead atoms. The molecule has 1 aromatic heterocycles. The molecule has 0 aliphatic carbocycles. The lowest BCUT2D eigenvalue weighted by Gasteiger charge is -2.34. The molecule has 0 saturated carbocycles. The van der Waals surface area contributed by atoms with Gasteiger partial charge in [0.15, 0.2) is 17.5 Å². The summed E-state index contributed by atoms with van der Waals surface area (Å²) < 4.78 is 39.5. The van der Waals surface area contributed by atoms with Crippen LogP contribution in [0, 0.1) is 29.4 Å². The van der Waals surface area contributed by atoms with E-state index in [0.29, 0.717) is 19.2 Å². The van der Waals surface area contributed by atoms with Crippen molar-refractivity contribution in [2.45, 2.75) is 6.92 Å². The average Bonchev–Trinajstić information content (AvgIpc) is 2.43. The molecule has 1 aliphatic heterocycles. The second-order valence-electron chi connectivity index (χ2n) is 4.22. The Hall–Kier alpha value is -2.23. The van der Waals surface area contributed by atoms with Crippen molar-refractivity contribution in [2.24, 2.45) is 0 Å². The Bertz CT molecular complexity index is 587. The van der Waals surface area contributed by atoms with E-state index < -0.39 is 17.6 Å². The lowest BCUT2D eigenvalue weighted by Crippen LogP contribution is -2.49. The van der Waals surface area contributed by atoms with Crippen LogP contribution in [0.2, 0.25) is 0 Å². The molecule has 0 aromatic carbocycles. The van der Waals surface area contributed by atoms with Crippen LogP contribution in [0.25, 0.3) is 0 Å². The molecular weight excluding hydrogens is 271 g/mol. The van der Waals surface area contributed by atoms with Crippen LogP contribution in [0.4, 0.5) is 19.0 Å². The molecule has 0 atom stereocenters. The van der Waals surface area contributed by atoms with Gasteiger partial charge in [-0.25, -0.2) is 8.78 Å². The summed E-state index contributed by atoms with van der Waals surface area (Å²) >= 11 is 0. The predicted octanol–water partition coefficient (Wildman–Crippen LogP) is 1.17. The number of halogens is 3. The summed E-state index contributed by atoms with van der Waals surface area (Å²) in [7, 11) is 0. The van der Waals surface area contributed by atoms with Crippen molar-refractivity contribution in [3.63, 3.8) is 0 Å². The van der Waals surface area contributed by atoms with Gasteiger partial charge in [0.2, 0.25) is 0 Å². The molecule has 0 unspecified atom stereocenters. The lowest BCUT2D eigenvalue weighted by atomic mass is 10.3. The van der Waals surface area contributed by atoms with Gasteiger partial charge >= 0.3 is 0 Å². The standard InChI is InChI=1S/C13H12F3N3O/c1-2-3-11(20)18-4-6-19(7-5-18)13-10(15)8-9(14)12(16)17-13/h8H,4-7H2,1H3. The Morgan fingerprint density at radius 1 is 1.20 bits per heavy atom. The summed E-state index contributed by atoms with van der Waals surface area (Å²) in [6.45, 7) is 2.79. The maximum atomic E-state index is 13.6. The minimum absolute atomic E-state index is 0.238. The van der Waals surface area contributed by atoms with Gasteiger partial charge < -0.3 is 9.80 Å². The summed E-state index contributed by atoms with van der Waals surface area (Å²) in [4.78, 5) is 17.8. The zero-order valence-electron chi connectivity index (χ0n) is 10.8. The second-order valence-corrected chi connectivity index (χ2v) is 4.22. The Labute approximate surface area is 114 Å². The van der Waals surface area contributed by atoms with Gasteiger partial charge in [0.1, 0.15) is 0 Å². The molecule has 20 heavy (non-hydrogen) atoms. The van der Waals surface area contributed by atoms with Gasteiger partial charge in [-0.2, -0.15) is 9.37 Å². The Balaban J connectivity index is 2.09. The number of carbonyl (C=O) groups excluding carboxylic acids is 1. The molecule has 0 N–H and O–H groups in total. The van der Waals surface area contributed by atoms with Gasteiger partial charge in [0.05, 0.1) is 0 Å². The molecule has 2 heterocycles. The third-order valence-corrected chi connectivity index (χ3v) is 2.97. The van der Waals surface area contributed by atoms with E-state index in [0.717, 1.165) is 0 Å².